The molecule has 3 aromatic rings. The number of piperidine rings is 1. The van der Waals surface area contributed by atoms with Gasteiger partial charge in [0.05, 0.1) is 21.8 Å². The van der Waals surface area contributed by atoms with Crippen molar-refractivity contribution in [1.82, 2.24) is 18.8 Å². The average Bonchev–Trinajstić information content (AvgIpc) is 2.81. The third-order valence-corrected chi connectivity index (χ3v) is 8.89. The molecule has 1 fully saturated rings. The largest absolute Gasteiger partial charge is 0.298 e. The predicted octanol–water partition coefficient (Wildman–Crippen LogP) is 3.54. The second kappa shape index (κ2) is 9.05. The molecule has 1 aliphatic rings. The smallest absolute Gasteiger partial charge is 0.261 e. The van der Waals surface area contributed by atoms with E-state index >= 15 is 0 Å². The second-order valence-corrected chi connectivity index (χ2v) is 11.1. The van der Waals surface area contributed by atoms with Crippen molar-refractivity contribution < 1.29 is 8.42 Å². The summed E-state index contributed by atoms with van der Waals surface area (Å²) in [6.07, 6.45) is 1.44. The standard InChI is InChI=1S/C23H27BrN4O3S/c1-16(22-25-21-7-5-4-6-20(21)23(29)27(22)3)26(2)18-12-14-28(15-13-18)32(30,31)19-10-8-17(24)9-11-19/h4-11,16,18H,12-15H2,1-3H3. The topological polar surface area (TPSA) is 75.5 Å². The van der Waals surface area contributed by atoms with Crippen molar-refractivity contribution in [2.45, 2.75) is 36.7 Å². The minimum atomic E-state index is -3.50. The molecular weight excluding hydrogens is 492 g/mol. The van der Waals surface area contributed by atoms with E-state index in [4.69, 9.17) is 4.98 Å². The van der Waals surface area contributed by atoms with Crippen LogP contribution in [0.25, 0.3) is 10.9 Å². The number of fused-ring (bicyclic) bond motifs is 1. The van der Waals surface area contributed by atoms with Crippen LogP contribution in [0, 0.1) is 0 Å². The molecule has 0 saturated carbocycles. The highest BCUT2D eigenvalue weighted by atomic mass is 79.9. The number of halogens is 1. The predicted molar refractivity (Wildman–Crippen MR) is 129 cm³/mol. The molecule has 4 rings (SSSR count). The van der Waals surface area contributed by atoms with Crippen LogP contribution in [0.15, 0.2) is 62.7 Å². The molecule has 9 heteroatoms. The lowest BCUT2D eigenvalue weighted by molar-refractivity contribution is 0.125. The van der Waals surface area contributed by atoms with Crippen molar-refractivity contribution in [3.63, 3.8) is 0 Å². The minimum Gasteiger partial charge on any atom is -0.298 e. The molecule has 1 aliphatic heterocycles. The number of rotatable bonds is 5. The summed E-state index contributed by atoms with van der Waals surface area (Å²) >= 11 is 3.35. The number of sulfonamides is 1. The summed E-state index contributed by atoms with van der Waals surface area (Å²) in [4.78, 5) is 20.1. The molecule has 0 N–H and O–H groups in total. The van der Waals surface area contributed by atoms with Crippen LogP contribution in [-0.4, -0.2) is 53.4 Å². The molecule has 2 aromatic carbocycles. The van der Waals surface area contributed by atoms with Gasteiger partial charge in [-0.3, -0.25) is 14.3 Å². The summed E-state index contributed by atoms with van der Waals surface area (Å²) in [5.41, 5.74) is 0.641. The average molecular weight is 519 g/mol. The lowest BCUT2D eigenvalue weighted by atomic mass is 10.0. The van der Waals surface area contributed by atoms with Gasteiger partial charge in [0.2, 0.25) is 10.0 Å². The van der Waals surface area contributed by atoms with Crippen LogP contribution in [0.3, 0.4) is 0 Å². The molecule has 1 aromatic heterocycles. The number of hydrogen-bond acceptors (Lipinski definition) is 5. The zero-order chi connectivity index (χ0) is 23.0. The van der Waals surface area contributed by atoms with Gasteiger partial charge in [-0.05, 0) is 63.2 Å². The first kappa shape index (κ1) is 23.1. The Morgan fingerprint density at radius 2 is 1.72 bits per heavy atom. The van der Waals surface area contributed by atoms with Crippen molar-refractivity contribution in [1.29, 1.82) is 0 Å². The van der Waals surface area contributed by atoms with E-state index in [1.165, 1.54) is 0 Å². The maximum Gasteiger partial charge on any atom is 0.261 e. The molecular formula is C23H27BrN4O3S. The lowest BCUT2D eigenvalue weighted by Crippen LogP contribution is -2.46. The maximum atomic E-state index is 13.0. The molecule has 0 bridgehead atoms. The Morgan fingerprint density at radius 3 is 2.38 bits per heavy atom. The fourth-order valence-corrected chi connectivity index (χ4v) is 6.09. The van der Waals surface area contributed by atoms with Gasteiger partial charge in [0.1, 0.15) is 5.82 Å². The van der Waals surface area contributed by atoms with Crippen molar-refractivity contribution >= 4 is 36.9 Å². The monoisotopic (exact) mass is 518 g/mol. The molecule has 0 aliphatic carbocycles. The number of benzene rings is 2. The van der Waals surface area contributed by atoms with E-state index < -0.39 is 10.0 Å². The van der Waals surface area contributed by atoms with Crippen molar-refractivity contribution in [2.24, 2.45) is 7.05 Å². The minimum absolute atomic E-state index is 0.0544. The molecule has 2 heterocycles. The highest BCUT2D eigenvalue weighted by Gasteiger charge is 2.33. The Labute approximate surface area is 196 Å². The Bertz CT molecular complexity index is 1280. The summed E-state index contributed by atoms with van der Waals surface area (Å²) in [5.74, 6) is 0.709. The van der Waals surface area contributed by atoms with E-state index in [-0.39, 0.29) is 17.6 Å². The number of para-hydroxylation sites is 1. The van der Waals surface area contributed by atoms with Gasteiger partial charge in [-0.25, -0.2) is 13.4 Å². The van der Waals surface area contributed by atoms with E-state index in [2.05, 4.69) is 20.8 Å². The lowest BCUT2D eigenvalue weighted by Gasteiger charge is -2.39. The van der Waals surface area contributed by atoms with E-state index in [0.717, 1.165) is 17.3 Å². The van der Waals surface area contributed by atoms with Gasteiger partial charge in [0, 0.05) is 30.7 Å². The third-order valence-electron chi connectivity index (χ3n) is 6.45. The van der Waals surface area contributed by atoms with Crippen molar-refractivity contribution in [3.8, 4) is 0 Å². The van der Waals surface area contributed by atoms with Crippen LogP contribution in [0.1, 0.15) is 31.6 Å². The zero-order valence-electron chi connectivity index (χ0n) is 18.4. The Morgan fingerprint density at radius 1 is 1.09 bits per heavy atom. The fourth-order valence-electron chi connectivity index (χ4n) is 4.35. The van der Waals surface area contributed by atoms with E-state index in [1.54, 1.807) is 46.3 Å². The van der Waals surface area contributed by atoms with Gasteiger partial charge >= 0.3 is 0 Å². The van der Waals surface area contributed by atoms with Crippen LogP contribution in [0.4, 0.5) is 0 Å². The second-order valence-electron chi connectivity index (χ2n) is 8.28. The van der Waals surface area contributed by atoms with E-state index in [1.807, 2.05) is 32.2 Å². The van der Waals surface area contributed by atoms with Gasteiger partial charge in [-0.2, -0.15) is 4.31 Å². The van der Waals surface area contributed by atoms with Gasteiger partial charge < -0.3 is 0 Å². The number of nitrogens with zero attached hydrogens (tertiary/aromatic N) is 4. The van der Waals surface area contributed by atoms with Crippen LogP contribution in [0.5, 0.6) is 0 Å². The van der Waals surface area contributed by atoms with Gasteiger partial charge in [0.25, 0.3) is 5.56 Å². The third kappa shape index (κ3) is 4.26. The van der Waals surface area contributed by atoms with Gasteiger partial charge in [-0.1, -0.05) is 28.1 Å². The maximum absolute atomic E-state index is 13.0. The molecule has 7 nitrogen and oxygen atoms in total. The molecule has 170 valence electrons. The van der Waals surface area contributed by atoms with Crippen molar-refractivity contribution in [3.05, 3.63) is 69.2 Å². The molecule has 0 amide bonds. The van der Waals surface area contributed by atoms with Crippen LogP contribution < -0.4 is 5.56 Å². The molecule has 0 radical (unpaired) electrons. The number of aromatic nitrogens is 2. The highest BCUT2D eigenvalue weighted by Crippen LogP contribution is 2.28. The van der Waals surface area contributed by atoms with Gasteiger partial charge in [0.15, 0.2) is 0 Å². The summed E-state index contributed by atoms with van der Waals surface area (Å²) < 4.78 is 30.0. The Balaban J connectivity index is 1.49. The Hall–Kier alpha value is -2.07. The SMILES string of the molecule is CC(c1nc2ccccc2c(=O)n1C)N(C)C1CCN(S(=O)(=O)c2ccc(Br)cc2)CC1. The first-order chi connectivity index (χ1) is 15.2. The fraction of sp³-hybridized carbons (Fsp3) is 0.391. The summed E-state index contributed by atoms with van der Waals surface area (Å²) in [6.45, 7) is 2.97. The van der Waals surface area contributed by atoms with Crippen LogP contribution in [0.2, 0.25) is 0 Å². The summed E-state index contributed by atoms with van der Waals surface area (Å²) in [5, 5.41) is 0.611. The van der Waals surface area contributed by atoms with Crippen LogP contribution in [-0.2, 0) is 17.1 Å². The highest BCUT2D eigenvalue weighted by molar-refractivity contribution is 9.10. The Kier molecular flexibility index (Phi) is 6.53. The zero-order valence-corrected chi connectivity index (χ0v) is 20.8. The molecule has 1 atom stereocenters. The first-order valence-electron chi connectivity index (χ1n) is 10.6. The summed E-state index contributed by atoms with van der Waals surface area (Å²) in [7, 11) is 0.281. The van der Waals surface area contributed by atoms with E-state index in [9.17, 15) is 13.2 Å². The molecule has 0 spiro atoms. The first-order valence-corrected chi connectivity index (χ1v) is 12.9. The molecule has 1 saturated heterocycles. The molecule has 32 heavy (non-hydrogen) atoms. The van der Waals surface area contributed by atoms with Crippen LogP contribution >= 0.6 is 15.9 Å². The summed E-state index contributed by atoms with van der Waals surface area (Å²) in [6, 6.07) is 14.2. The number of hydrogen-bond donors (Lipinski definition) is 0. The quantitative estimate of drug-likeness (QED) is 0.516. The normalized spacial score (nSPS) is 17.2. The van der Waals surface area contributed by atoms with E-state index in [0.29, 0.717) is 34.7 Å². The molecule has 1 unspecified atom stereocenters. The van der Waals surface area contributed by atoms with Gasteiger partial charge in [-0.15, -0.1) is 0 Å². The van der Waals surface area contributed by atoms with Crippen molar-refractivity contribution in [2.75, 3.05) is 20.1 Å².